The molecule has 0 saturated carbocycles. The SMILES string of the molecule is CCCN(CC(=O)NCC(=O)Nc1ccccc1)C(=O)COC. The maximum Gasteiger partial charge on any atom is 0.249 e. The minimum Gasteiger partial charge on any atom is -0.375 e. The third-order valence-electron chi connectivity index (χ3n) is 2.95. The summed E-state index contributed by atoms with van der Waals surface area (Å²) in [6.45, 7) is 2.08. The van der Waals surface area contributed by atoms with Crippen molar-refractivity contribution in [3.8, 4) is 0 Å². The largest absolute Gasteiger partial charge is 0.375 e. The lowest BCUT2D eigenvalue weighted by molar-refractivity contribution is -0.139. The fourth-order valence-corrected chi connectivity index (χ4v) is 1.91. The van der Waals surface area contributed by atoms with Gasteiger partial charge in [-0.05, 0) is 18.6 Å². The van der Waals surface area contributed by atoms with E-state index in [0.717, 1.165) is 6.42 Å². The molecule has 1 aromatic carbocycles. The molecule has 23 heavy (non-hydrogen) atoms. The topological polar surface area (TPSA) is 87.7 Å². The molecule has 0 aliphatic rings. The lowest BCUT2D eigenvalue weighted by atomic mass is 10.3. The molecule has 0 aromatic heterocycles. The van der Waals surface area contributed by atoms with E-state index < -0.39 is 0 Å². The van der Waals surface area contributed by atoms with E-state index in [2.05, 4.69) is 10.6 Å². The van der Waals surface area contributed by atoms with Crippen LogP contribution in [0.25, 0.3) is 0 Å². The summed E-state index contributed by atoms with van der Waals surface area (Å²) in [4.78, 5) is 36.8. The molecule has 1 rings (SSSR count). The number of anilines is 1. The molecule has 0 bridgehead atoms. The van der Waals surface area contributed by atoms with Gasteiger partial charge in [0.2, 0.25) is 17.7 Å². The Balaban J connectivity index is 2.39. The average molecular weight is 321 g/mol. The molecule has 1 aromatic rings. The van der Waals surface area contributed by atoms with Gasteiger partial charge in [0.1, 0.15) is 6.61 Å². The standard InChI is InChI=1S/C16H23N3O4/c1-3-9-19(16(22)12-23-2)11-15(21)17-10-14(20)18-13-7-5-4-6-8-13/h4-8H,3,9-12H2,1-2H3,(H,17,21)(H,18,20). The van der Waals surface area contributed by atoms with Crippen molar-refractivity contribution in [1.82, 2.24) is 10.2 Å². The van der Waals surface area contributed by atoms with Crippen molar-refractivity contribution >= 4 is 23.4 Å². The Morgan fingerprint density at radius 1 is 1.13 bits per heavy atom. The van der Waals surface area contributed by atoms with Crippen LogP contribution < -0.4 is 10.6 Å². The monoisotopic (exact) mass is 321 g/mol. The van der Waals surface area contributed by atoms with E-state index >= 15 is 0 Å². The first-order valence-electron chi connectivity index (χ1n) is 7.45. The molecular formula is C16H23N3O4. The Morgan fingerprint density at radius 2 is 1.83 bits per heavy atom. The highest BCUT2D eigenvalue weighted by Crippen LogP contribution is 2.03. The highest BCUT2D eigenvalue weighted by molar-refractivity contribution is 5.95. The van der Waals surface area contributed by atoms with Gasteiger partial charge in [-0.15, -0.1) is 0 Å². The highest BCUT2D eigenvalue weighted by atomic mass is 16.5. The molecule has 0 aliphatic carbocycles. The summed E-state index contributed by atoms with van der Waals surface area (Å²) in [5, 5.41) is 5.17. The zero-order chi connectivity index (χ0) is 17.1. The number of hydrogen-bond donors (Lipinski definition) is 2. The molecule has 0 atom stereocenters. The van der Waals surface area contributed by atoms with Crippen molar-refractivity contribution in [2.45, 2.75) is 13.3 Å². The summed E-state index contributed by atoms with van der Waals surface area (Å²) >= 11 is 0. The molecule has 0 unspecified atom stereocenters. The Morgan fingerprint density at radius 3 is 2.43 bits per heavy atom. The second-order valence-electron chi connectivity index (χ2n) is 4.94. The van der Waals surface area contributed by atoms with Crippen LogP contribution in [-0.4, -0.2) is 56.0 Å². The van der Waals surface area contributed by atoms with Gasteiger partial charge in [0.25, 0.3) is 0 Å². The predicted molar refractivity (Wildman–Crippen MR) is 86.8 cm³/mol. The van der Waals surface area contributed by atoms with Crippen molar-refractivity contribution in [2.24, 2.45) is 0 Å². The molecule has 0 radical (unpaired) electrons. The van der Waals surface area contributed by atoms with Crippen molar-refractivity contribution in [3.63, 3.8) is 0 Å². The van der Waals surface area contributed by atoms with Crippen LogP contribution in [0, 0.1) is 0 Å². The van der Waals surface area contributed by atoms with Crippen LogP contribution in [0.4, 0.5) is 5.69 Å². The number of ether oxygens (including phenoxy) is 1. The van der Waals surface area contributed by atoms with Crippen molar-refractivity contribution in [3.05, 3.63) is 30.3 Å². The van der Waals surface area contributed by atoms with E-state index in [4.69, 9.17) is 4.74 Å². The van der Waals surface area contributed by atoms with Gasteiger partial charge in [-0.1, -0.05) is 25.1 Å². The smallest absolute Gasteiger partial charge is 0.249 e. The van der Waals surface area contributed by atoms with Crippen LogP contribution in [0.3, 0.4) is 0 Å². The second-order valence-corrected chi connectivity index (χ2v) is 4.94. The number of hydrogen-bond acceptors (Lipinski definition) is 4. The summed E-state index contributed by atoms with van der Waals surface area (Å²) in [6, 6.07) is 8.96. The van der Waals surface area contributed by atoms with Crippen LogP contribution >= 0.6 is 0 Å². The molecule has 2 N–H and O–H groups in total. The lowest BCUT2D eigenvalue weighted by Crippen LogP contribution is -2.44. The molecule has 0 fully saturated rings. The number of carbonyl (C=O) groups is 3. The summed E-state index contributed by atoms with van der Waals surface area (Å²) < 4.78 is 4.79. The first-order chi connectivity index (χ1) is 11.1. The Kier molecular flexibility index (Phi) is 8.38. The van der Waals surface area contributed by atoms with Gasteiger partial charge in [-0.2, -0.15) is 0 Å². The zero-order valence-corrected chi connectivity index (χ0v) is 13.5. The van der Waals surface area contributed by atoms with Gasteiger partial charge >= 0.3 is 0 Å². The minimum absolute atomic E-state index is 0.0677. The van der Waals surface area contributed by atoms with E-state index in [1.807, 2.05) is 13.0 Å². The molecular weight excluding hydrogens is 298 g/mol. The van der Waals surface area contributed by atoms with Gasteiger partial charge in [0.15, 0.2) is 0 Å². The molecule has 0 spiro atoms. The number of benzene rings is 1. The lowest BCUT2D eigenvalue weighted by Gasteiger charge is -2.21. The third-order valence-corrected chi connectivity index (χ3v) is 2.95. The summed E-state index contributed by atoms with van der Waals surface area (Å²) in [7, 11) is 1.43. The van der Waals surface area contributed by atoms with Crippen LogP contribution in [0.15, 0.2) is 30.3 Å². The number of para-hydroxylation sites is 1. The van der Waals surface area contributed by atoms with E-state index in [0.29, 0.717) is 12.2 Å². The number of nitrogens with one attached hydrogen (secondary N) is 2. The van der Waals surface area contributed by atoms with Crippen LogP contribution in [0.2, 0.25) is 0 Å². The first kappa shape index (κ1) is 18.6. The number of amides is 3. The van der Waals surface area contributed by atoms with Gasteiger partial charge < -0.3 is 20.3 Å². The predicted octanol–water partition coefficient (Wildman–Crippen LogP) is 0.626. The molecule has 0 aliphatic heterocycles. The fraction of sp³-hybridized carbons (Fsp3) is 0.438. The number of methoxy groups -OCH3 is 1. The number of nitrogens with zero attached hydrogens (tertiary/aromatic N) is 1. The third kappa shape index (κ3) is 7.42. The Hall–Kier alpha value is -2.41. The molecule has 0 saturated heterocycles. The van der Waals surface area contributed by atoms with Gasteiger partial charge in [-0.3, -0.25) is 14.4 Å². The van der Waals surface area contributed by atoms with E-state index in [9.17, 15) is 14.4 Å². The normalized spacial score (nSPS) is 10.0. The fourth-order valence-electron chi connectivity index (χ4n) is 1.91. The summed E-state index contributed by atoms with van der Waals surface area (Å²) in [5.41, 5.74) is 0.662. The molecule has 3 amide bonds. The molecule has 0 heterocycles. The van der Waals surface area contributed by atoms with E-state index in [1.165, 1.54) is 12.0 Å². The number of carbonyl (C=O) groups excluding carboxylic acids is 3. The van der Waals surface area contributed by atoms with Crippen molar-refractivity contribution in [2.75, 3.05) is 38.7 Å². The summed E-state index contributed by atoms with van der Waals surface area (Å²) in [5.74, 6) is -0.959. The molecule has 7 nitrogen and oxygen atoms in total. The van der Waals surface area contributed by atoms with Crippen LogP contribution in [0.1, 0.15) is 13.3 Å². The quantitative estimate of drug-likeness (QED) is 0.698. The highest BCUT2D eigenvalue weighted by Gasteiger charge is 2.16. The minimum atomic E-state index is -0.383. The Bertz CT molecular complexity index is 519. The van der Waals surface area contributed by atoms with Crippen molar-refractivity contribution in [1.29, 1.82) is 0 Å². The molecule has 126 valence electrons. The van der Waals surface area contributed by atoms with E-state index in [-0.39, 0.29) is 37.4 Å². The average Bonchev–Trinajstić information content (AvgIpc) is 2.54. The van der Waals surface area contributed by atoms with Gasteiger partial charge in [0, 0.05) is 19.3 Å². The van der Waals surface area contributed by atoms with Crippen LogP contribution in [-0.2, 0) is 19.1 Å². The van der Waals surface area contributed by atoms with Gasteiger partial charge in [-0.25, -0.2) is 0 Å². The maximum absolute atomic E-state index is 11.9. The summed E-state index contributed by atoms with van der Waals surface area (Å²) in [6.07, 6.45) is 0.733. The number of rotatable bonds is 9. The second kappa shape index (κ2) is 10.3. The first-order valence-corrected chi connectivity index (χ1v) is 7.45. The van der Waals surface area contributed by atoms with Crippen LogP contribution in [0.5, 0.6) is 0 Å². The van der Waals surface area contributed by atoms with E-state index in [1.54, 1.807) is 24.3 Å². The molecule has 7 heteroatoms. The zero-order valence-electron chi connectivity index (χ0n) is 13.5. The van der Waals surface area contributed by atoms with Crippen molar-refractivity contribution < 1.29 is 19.1 Å². The van der Waals surface area contributed by atoms with Gasteiger partial charge in [0.05, 0.1) is 13.1 Å². The maximum atomic E-state index is 11.9. The Labute approximate surface area is 136 Å².